The zero-order valence-corrected chi connectivity index (χ0v) is 16.7. The van der Waals surface area contributed by atoms with Gasteiger partial charge in [0.15, 0.2) is 0 Å². The van der Waals surface area contributed by atoms with Gasteiger partial charge in [-0.3, -0.25) is 9.78 Å². The number of aryl methyl sites for hydroxylation is 3. The number of rotatable bonds is 2. The molecule has 1 aromatic heterocycles. The summed E-state index contributed by atoms with van der Waals surface area (Å²) in [6, 6.07) is 10.0. The van der Waals surface area contributed by atoms with Crippen molar-refractivity contribution in [2.45, 2.75) is 39.7 Å². The molecule has 29 heavy (non-hydrogen) atoms. The van der Waals surface area contributed by atoms with Crippen molar-refractivity contribution in [3.63, 3.8) is 0 Å². The van der Waals surface area contributed by atoms with Crippen molar-refractivity contribution in [3.05, 3.63) is 65.1 Å². The molecule has 2 aromatic carbocycles. The van der Waals surface area contributed by atoms with Crippen LogP contribution in [0.15, 0.2) is 42.6 Å². The van der Waals surface area contributed by atoms with Crippen molar-refractivity contribution < 1.29 is 15.0 Å². The Morgan fingerprint density at radius 1 is 1.14 bits per heavy atom. The highest BCUT2D eigenvalue weighted by molar-refractivity contribution is 6.09. The maximum absolute atomic E-state index is 13.2. The maximum Gasteiger partial charge on any atom is 0.262 e. The van der Waals surface area contributed by atoms with Crippen molar-refractivity contribution in [3.8, 4) is 22.8 Å². The van der Waals surface area contributed by atoms with Crippen molar-refractivity contribution in [2.24, 2.45) is 0 Å². The van der Waals surface area contributed by atoms with Gasteiger partial charge in [-0.1, -0.05) is 6.07 Å². The minimum atomic E-state index is -0.282. The van der Waals surface area contributed by atoms with Crippen LogP contribution in [0.2, 0.25) is 0 Å². The summed E-state index contributed by atoms with van der Waals surface area (Å²) in [5.74, 6) is -0.586. The SMILES string of the molecule is Cc1cnc(C)c(-c2ccc3c(c2)CC[C@H](C)N3C(=O)c2ccc(O)cc2O)n1. The number of amides is 1. The Balaban J connectivity index is 1.76. The summed E-state index contributed by atoms with van der Waals surface area (Å²) in [7, 11) is 0. The van der Waals surface area contributed by atoms with Gasteiger partial charge in [-0.25, -0.2) is 4.98 Å². The van der Waals surface area contributed by atoms with E-state index in [2.05, 4.69) is 16.0 Å². The molecule has 1 atom stereocenters. The number of anilines is 1. The highest BCUT2D eigenvalue weighted by Gasteiger charge is 2.30. The molecule has 3 aromatic rings. The van der Waals surface area contributed by atoms with Crippen LogP contribution in [0.4, 0.5) is 5.69 Å². The third kappa shape index (κ3) is 3.42. The summed E-state index contributed by atoms with van der Waals surface area (Å²) in [6.45, 7) is 5.86. The molecule has 0 saturated heterocycles. The number of phenolic OH excluding ortho intramolecular Hbond substituents is 2. The molecule has 1 aliphatic heterocycles. The van der Waals surface area contributed by atoms with E-state index in [-0.39, 0.29) is 29.0 Å². The second kappa shape index (κ2) is 7.20. The topological polar surface area (TPSA) is 86.6 Å². The van der Waals surface area contributed by atoms with E-state index in [0.29, 0.717) is 0 Å². The number of benzene rings is 2. The Morgan fingerprint density at radius 3 is 2.69 bits per heavy atom. The van der Waals surface area contributed by atoms with Crippen LogP contribution in [0, 0.1) is 13.8 Å². The second-order valence-corrected chi connectivity index (χ2v) is 7.55. The number of hydrogen-bond acceptors (Lipinski definition) is 5. The van der Waals surface area contributed by atoms with Crippen LogP contribution in [0.3, 0.4) is 0 Å². The molecule has 1 amide bonds. The molecule has 1 aliphatic rings. The maximum atomic E-state index is 13.2. The largest absolute Gasteiger partial charge is 0.508 e. The van der Waals surface area contributed by atoms with E-state index in [4.69, 9.17) is 0 Å². The van der Waals surface area contributed by atoms with Crippen LogP contribution in [-0.4, -0.2) is 32.1 Å². The van der Waals surface area contributed by atoms with Crippen LogP contribution in [0.1, 0.15) is 40.7 Å². The van der Waals surface area contributed by atoms with Gasteiger partial charge in [-0.2, -0.15) is 0 Å². The second-order valence-electron chi connectivity index (χ2n) is 7.55. The average Bonchev–Trinajstić information content (AvgIpc) is 2.69. The van der Waals surface area contributed by atoms with Crippen LogP contribution < -0.4 is 4.90 Å². The Hall–Kier alpha value is -3.41. The smallest absolute Gasteiger partial charge is 0.262 e. The van der Waals surface area contributed by atoms with Gasteiger partial charge in [0.25, 0.3) is 5.91 Å². The molecule has 6 heteroatoms. The minimum absolute atomic E-state index is 0.00505. The van der Waals surface area contributed by atoms with Crippen LogP contribution in [-0.2, 0) is 6.42 Å². The number of nitrogens with zero attached hydrogens (tertiary/aromatic N) is 3. The van der Waals surface area contributed by atoms with Gasteiger partial charge in [0.05, 0.1) is 22.6 Å². The quantitative estimate of drug-likeness (QED) is 0.687. The van der Waals surface area contributed by atoms with Crippen LogP contribution >= 0.6 is 0 Å². The molecule has 148 valence electrons. The van der Waals surface area contributed by atoms with Crippen molar-refractivity contribution in [2.75, 3.05) is 4.90 Å². The fourth-order valence-electron chi connectivity index (χ4n) is 3.85. The zero-order valence-electron chi connectivity index (χ0n) is 16.7. The van der Waals surface area contributed by atoms with Gasteiger partial charge in [0.2, 0.25) is 0 Å². The molecule has 0 spiro atoms. The first-order valence-corrected chi connectivity index (χ1v) is 9.64. The van der Waals surface area contributed by atoms with Gasteiger partial charge >= 0.3 is 0 Å². The monoisotopic (exact) mass is 389 g/mol. The average molecular weight is 389 g/mol. The van der Waals surface area contributed by atoms with Gasteiger partial charge in [0, 0.05) is 29.6 Å². The fraction of sp³-hybridized carbons (Fsp3) is 0.261. The molecule has 2 N–H and O–H groups in total. The Kier molecular flexibility index (Phi) is 4.70. The van der Waals surface area contributed by atoms with E-state index in [1.165, 1.54) is 18.2 Å². The summed E-state index contributed by atoms with van der Waals surface area (Å²) in [6.07, 6.45) is 3.43. The highest BCUT2D eigenvalue weighted by atomic mass is 16.3. The third-order valence-electron chi connectivity index (χ3n) is 5.39. The molecular formula is C23H23N3O3. The molecule has 0 unspecified atom stereocenters. The van der Waals surface area contributed by atoms with Gasteiger partial charge in [0.1, 0.15) is 11.5 Å². The normalized spacial score (nSPS) is 15.8. The summed E-state index contributed by atoms with van der Waals surface area (Å²) in [5.41, 5.74) is 5.62. The number of phenols is 2. The molecule has 0 radical (unpaired) electrons. The molecule has 0 aliphatic carbocycles. The number of carbonyl (C=O) groups excluding carboxylic acids is 1. The molecular weight excluding hydrogens is 366 g/mol. The number of aromatic nitrogens is 2. The molecule has 0 saturated carbocycles. The summed E-state index contributed by atoms with van der Waals surface area (Å²) < 4.78 is 0. The van der Waals surface area contributed by atoms with E-state index >= 15 is 0 Å². The first-order chi connectivity index (χ1) is 13.8. The van der Waals surface area contributed by atoms with E-state index in [1.54, 1.807) is 11.1 Å². The lowest BCUT2D eigenvalue weighted by Gasteiger charge is -2.35. The highest BCUT2D eigenvalue weighted by Crippen LogP contribution is 2.36. The molecule has 6 nitrogen and oxygen atoms in total. The summed E-state index contributed by atoms with van der Waals surface area (Å²) >= 11 is 0. The predicted octanol–water partition coefficient (Wildman–Crippen LogP) is 4.15. The Labute approximate surface area is 169 Å². The lowest BCUT2D eigenvalue weighted by molar-refractivity contribution is 0.0972. The van der Waals surface area contributed by atoms with Gasteiger partial charge < -0.3 is 15.1 Å². The lowest BCUT2D eigenvalue weighted by atomic mass is 9.93. The zero-order chi connectivity index (χ0) is 20.7. The van der Waals surface area contributed by atoms with Crippen molar-refractivity contribution >= 4 is 11.6 Å². The predicted molar refractivity (Wildman–Crippen MR) is 111 cm³/mol. The number of hydrogen-bond donors (Lipinski definition) is 2. The third-order valence-corrected chi connectivity index (χ3v) is 5.39. The number of carbonyl (C=O) groups is 1. The van der Waals surface area contributed by atoms with Crippen molar-refractivity contribution in [1.82, 2.24) is 9.97 Å². The molecule has 2 heterocycles. The van der Waals surface area contributed by atoms with Gasteiger partial charge in [-0.05, 0) is 63.4 Å². The van der Waals surface area contributed by atoms with Crippen LogP contribution in [0.5, 0.6) is 11.5 Å². The molecule has 0 bridgehead atoms. The molecule has 0 fully saturated rings. The molecule has 4 rings (SSSR count). The first-order valence-electron chi connectivity index (χ1n) is 9.64. The van der Waals surface area contributed by atoms with E-state index in [0.717, 1.165) is 46.7 Å². The van der Waals surface area contributed by atoms with E-state index in [9.17, 15) is 15.0 Å². The number of fused-ring (bicyclic) bond motifs is 1. The Bertz CT molecular complexity index is 1110. The standard InChI is InChI=1S/C23H23N3O3/c1-13-12-24-15(3)22(25-13)17-6-9-20-16(10-17)5-4-14(2)26(20)23(29)19-8-7-18(27)11-21(19)28/h6-12,14,27-28H,4-5H2,1-3H3/t14-/m0/s1. The van der Waals surface area contributed by atoms with Crippen LogP contribution in [0.25, 0.3) is 11.3 Å². The minimum Gasteiger partial charge on any atom is -0.508 e. The van der Waals surface area contributed by atoms with Gasteiger partial charge in [-0.15, -0.1) is 0 Å². The lowest BCUT2D eigenvalue weighted by Crippen LogP contribution is -2.42. The summed E-state index contributed by atoms with van der Waals surface area (Å²) in [4.78, 5) is 24.0. The van der Waals surface area contributed by atoms with E-state index in [1.807, 2.05) is 32.9 Å². The Morgan fingerprint density at radius 2 is 1.93 bits per heavy atom. The summed E-state index contributed by atoms with van der Waals surface area (Å²) in [5, 5.41) is 19.7. The fourth-order valence-corrected chi connectivity index (χ4v) is 3.85. The van der Waals surface area contributed by atoms with Crippen molar-refractivity contribution in [1.29, 1.82) is 0 Å². The van der Waals surface area contributed by atoms with E-state index < -0.39 is 0 Å². The first kappa shape index (κ1) is 18.9. The number of aromatic hydroxyl groups is 2.